The second-order valence-electron chi connectivity index (χ2n) is 5.28. The smallest absolute Gasteiger partial charge is 0.319 e. The maximum absolute atomic E-state index is 12.1. The van der Waals surface area contributed by atoms with E-state index in [1.165, 1.54) is 0 Å². The summed E-state index contributed by atoms with van der Waals surface area (Å²) in [6, 6.07) is 17.6. The second kappa shape index (κ2) is 7.97. The first-order valence-corrected chi connectivity index (χ1v) is 7.37. The van der Waals surface area contributed by atoms with Crippen LogP contribution in [0, 0.1) is 11.3 Å². The Morgan fingerprint density at radius 3 is 2.61 bits per heavy atom. The van der Waals surface area contributed by atoms with Crippen LogP contribution >= 0.6 is 0 Å². The molecular formula is C18H19N3O2. The van der Waals surface area contributed by atoms with Crippen molar-refractivity contribution in [1.82, 2.24) is 5.32 Å². The third kappa shape index (κ3) is 4.56. The molecule has 5 nitrogen and oxygen atoms in total. The lowest BCUT2D eigenvalue weighted by Crippen LogP contribution is -2.43. The van der Waals surface area contributed by atoms with Gasteiger partial charge in [-0.2, -0.15) is 5.26 Å². The summed E-state index contributed by atoms with van der Waals surface area (Å²) in [5.41, 5.74) is 2.04. The molecule has 118 valence electrons. The molecule has 5 heteroatoms. The van der Waals surface area contributed by atoms with E-state index in [4.69, 9.17) is 5.26 Å². The van der Waals surface area contributed by atoms with Gasteiger partial charge in [0, 0.05) is 11.6 Å². The maximum atomic E-state index is 12.1. The number of benzene rings is 2. The minimum Gasteiger partial charge on any atom is -0.394 e. The standard InChI is InChI=1S/C18H19N3O2/c1-13(15-7-3-2-4-8-15)17(12-22)21-18(23)20-16-9-5-6-14(10-16)11-19/h2-10,13,17,22H,12H2,1H3,(H2,20,21,23)/t13-,17-/m1/s1. The van der Waals surface area contributed by atoms with Crippen molar-refractivity contribution in [2.45, 2.75) is 18.9 Å². The topological polar surface area (TPSA) is 85.2 Å². The SMILES string of the molecule is C[C@H](c1ccccc1)[C@@H](CO)NC(=O)Nc1cccc(C#N)c1. The fourth-order valence-corrected chi connectivity index (χ4v) is 2.32. The van der Waals surface area contributed by atoms with Gasteiger partial charge < -0.3 is 15.7 Å². The van der Waals surface area contributed by atoms with E-state index in [0.717, 1.165) is 5.56 Å². The zero-order valence-electron chi connectivity index (χ0n) is 12.9. The lowest BCUT2D eigenvalue weighted by atomic mass is 9.94. The highest BCUT2D eigenvalue weighted by atomic mass is 16.3. The first-order chi connectivity index (χ1) is 11.1. The molecule has 3 N–H and O–H groups in total. The predicted molar refractivity (Wildman–Crippen MR) is 89.0 cm³/mol. The van der Waals surface area contributed by atoms with Gasteiger partial charge in [-0.05, 0) is 23.8 Å². The molecule has 2 rings (SSSR count). The van der Waals surface area contributed by atoms with Gasteiger partial charge in [0.05, 0.1) is 24.3 Å². The maximum Gasteiger partial charge on any atom is 0.319 e. The number of rotatable bonds is 5. The van der Waals surface area contributed by atoms with Crippen molar-refractivity contribution in [1.29, 1.82) is 5.26 Å². The van der Waals surface area contributed by atoms with E-state index in [9.17, 15) is 9.90 Å². The van der Waals surface area contributed by atoms with Crippen LogP contribution in [-0.2, 0) is 0 Å². The summed E-state index contributed by atoms with van der Waals surface area (Å²) in [6.45, 7) is 1.79. The fourth-order valence-electron chi connectivity index (χ4n) is 2.32. The number of amides is 2. The average molecular weight is 309 g/mol. The van der Waals surface area contributed by atoms with Crippen LogP contribution in [0.5, 0.6) is 0 Å². The molecule has 0 unspecified atom stereocenters. The Balaban J connectivity index is 2.01. The second-order valence-corrected chi connectivity index (χ2v) is 5.28. The Kier molecular flexibility index (Phi) is 5.73. The zero-order chi connectivity index (χ0) is 16.7. The van der Waals surface area contributed by atoms with E-state index >= 15 is 0 Å². The summed E-state index contributed by atoms with van der Waals surface area (Å²) < 4.78 is 0. The van der Waals surface area contributed by atoms with Gasteiger partial charge in [0.25, 0.3) is 0 Å². The number of nitriles is 1. The number of aliphatic hydroxyl groups is 1. The highest BCUT2D eigenvalue weighted by Gasteiger charge is 2.20. The van der Waals surface area contributed by atoms with E-state index in [1.54, 1.807) is 24.3 Å². The molecule has 0 fully saturated rings. The van der Waals surface area contributed by atoms with E-state index in [1.807, 2.05) is 43.3 Å². The van der Waals surface area contributed by atoms with Gasteiger partial charge in [0.1, 0.15) is 0 Å². The minimum absolute atomic E-state index is 0.0302. The van der Waals surface area contributed by atoms with Crippen LogP contribution in [0.3, 0.4) is 0 Å². The Morgan fingerprint density at radius 1 is 1.22 bits per heavy atom. The summed E-state index contributed by atoms with van der Waals surface area (Å²) in [7, 11) is 0. The molecule has 0 spiro atoms. The molecule has 2 amide bonds. The molecule has 23 heavy (non-hydrogen) atoms. The van der Waals surface area contributed by atoms with Crippen LogP contribution in [0.25, 0.3) is 0 Å². The normalized spacial score (nSPS) is 12.7. The van der Waals surface area contributed by atoms with Gasteiger partial charge in [-0.3, -0.25) is 0 Å². The summed E-state index contributed by atoms with van der Waals surface area (Å²) in [6.07, 6.45) is 0. The van der Waals surface area contributed by atoms with Crippen molar-refractivity contribution in [3.05, 3.63) is 65.7 Å². The van der Waals surface area contributed by atoms with Crippen LogP contribution in [0.4, 0.5) is 10.5 Å². The quantitative estimate of drug-likeness (QED) is 0.794. The summed E-state index contributed by atoms with van der Waals surface area (Å²) >= 11 is 0. The van der Waals surface area contributed by atoms with Crippen molar-refractivity contribution in [2.75, 3.05) is 11.9 Å². The molecule has 0 aliphatic carbocycles. The highest BCUT2D eigenvalue weighted by Crippen LogP contribution is 2.19. The van der Waals surface area contributed by atoms with Crippen LogP contribution in [0.2, 0.25) is 0 Å². The number of aliphatic hydroxyl groups excluding tert-OH is 1. The number of nitrogens with one attached hydrogen (secondary N) is 2. The largest absolute Gasteiger partial charge is 0.394 e. The lowest BCUT2D eigenvalue weighted by molar-refractivity contribution is 0.215. The van der Waals surface area contributed by atoms with Gasteiger partial charge in [-0.15, -0.1) is 0 Å². The van der Waals surface area contributed by atoms with E-state index in [-0.39, 0.29) is 12.5 Å². The van der Waals surface area contributed by atoms with Crippen LogP contribution in [0.1, 0.15) is 24.0 Å². The monoisotopic (exact) mass is 309 g/mol. The molecule has 0 aliphatic heterocycles. The van der Waals surface area contributed by atoms with Gasteiger partial charge in [0.2, 0.25) is 0 Å². The Labute approximate surface area is 135 Å². The summed E-state index contributed by atoms with van der Waals surface area (Å²) in [5, 5.41) is 23.9. The molecule has 2 aromatic rings. The molecule has 0 bridgehead atoms. The number of hydrogen-bond donors (Lipinski definition) is 3. The molecule has 0 heterocycles. The number of carbonyl (C=O) groups excluding carboxylic acids is 1. The molecule has 0 aromatic heterocycles. The molecule has 0 saturated heterocycles. The number of anilines is 1. The number of carbonyl (C=O) groups is 1. The van der Waals surface area contributed by atoms with Crippen molar-refractivity contribution in [3.63, 3.8) is 0 Å². The molecule has 0 radical (unpaired) electrons. The summed E-state index contributed by atoms with van der Waals surface area (Å²) in [5.74, 6) is -0.0302. The average Bonchev–Trinajstić information content (AvgIpc) is 2.60. The molecule has 2 aromatic carbocycles. The molecule has 0 aliphatic rings. The number of urea groups is 1. The van der Waals surface area contributed by atoms with Crippen LogP contribution in [-0.4, -0.2) is 23.8 Å². The van der Waals surface area contributed by atoms with Crippen LogP contribution < -0.4 is 10.6 Å². The summed E-state index contributed by atoms with van der Waals surface area (Å²) in [4.78, 5) is 12.1. The van der Waals surface area contributed by atoms with E-state index < -0.39 is 12.1 Å². The molecular weight excluding hydrogens is 290 g/mol. The van der Waals surface area contributed by atoms with E-state index in [2.05, 4.69) is 10.6 Å². The van der Waals surface area contributed by atoms with Gasteiger partial charge in [-0.25, -0.2) is 4.79 Å². The first kappa shape index (κ1) is 16.5. The van der Waals surface area contributed by atoms with Crippen molar-refractivity contribution in [3.8, 4) is 6.07 Å². The number of nitrogens with zero attached hydrogens (tertiary/aromatic N) is 1. The highest BCUT2D eigenvalue weighted by molar-refractivity contribution is 5.89. The van der Waals surface area contributed by atoms with Gasteiger partial charge in [-0.1, -0.05) is 43.3 Å². The lowest BCUT2D eigenvalue weighted by Gasteiger charge is -2.24. The fraction of sp³-hybridized carbons (Fsp3) is 0.222. The van der Waals surface area contributed by atoms with Crippen molar-refractivity contribution in [2.24, 2.45) is 0 Å². The molecule has 0 saturated carbocycles. The van der Waals surface area contributed by atoms with Gasteiger partial charge in [0.15, 0.2) is 0 Å². The van der Waals surface area contributed by atoms with Crippen molar-refractivity contribution < 1.29 is 9.90 Å². The third-order valence-electron chi connectivity index (χ3n) is 3.69. The predicted octanol–water partition coefficient (Wildman–Crippen LogP) is 2.84. The van der Waals surface area contributed by atoms with Crippen molar-refractivity contribution >= 4 is 11.7 Å². The van der Waals surface area contributed by atoms with Crippen LogP contribution in [0.15, 0.2) is 54.6 Å². The Hall–Kier alpha value is -2.84. The Bertz CT molecular complexity index is 695. The van der Waals surface area contributed by atoms with Gasteiger partial charge >= 0.3 is 6.03 Å². The third-order valence-corrected chi connectivity index (χ3v) is 3.69. The first-order valence-electron chi connectivity index (χ1n) is 7.37. The minimum atomic E-state index is -0.415. The number of hydrogen-bond acceptors (Lipinski definition) is 3. The molecule has 2 atom stereocenters. The van der Waals surface area contributed by atoms with E-state index in [0.29, 0.717) is 11.3 Å². The zero-order valence-corrected chi connectivity index (χ0v) is 12.9. The Morgan fingerprint density at radius 2 is 1.96 bits per heavy atom.